The Morgan fingerprint density at radius 3 is 2.88 bits per heavy atom. The van der Waals surface area contributed by atoms with Crippen LogP contribution in [0.15, 0.2) is 24.5 Å². The topological polar surface area (TPSA) is 28.2 Å². The van der Waals surface area contributed by atoms with E-state index in [2.05, 4.69) is 41.2 Å². The van der Waals surface area contributed by atoms with Crippen molar-refractivity contribution in [2.24, 2.45) is 0 Å². The molecular formula is C13H21N3. The summed E-state index contributed by atoms with van der Waals surface area (Å²) in [5, 5.41) is 3.49. The molecule has 0 amide bonds. The molecule has 2 heterocycles. The molecule has 0 aliphatic carbocycles. The molecule has 1 saturated heterocycles. The second kappa shape index (κ2) is 4.93. The van der Waals surface area contributed by atoms with Gasteiger partial charge in [-0.3, -0.25) is 9.88 Å². The predicted octanol–water partition coefficient (Wildman–Crippen LogP) is 1.66. The number of pyridine rings is 1. The van der Waals surface area contributed by atoms with Crippen LogP contribution in [0, 0.1) is 0 Å². The van der Waals surface area contributed by atoms with E-state index >= 15 is 0 Å². The largest absolute Gasteiger partial charge is 0.314 e. The van der Waals surface area contributed by atoms with Gasteiger partial charge < -0.3 is 5.32 Å². The molecule has 2 rings (SSSR count). The van der Waals surface area contributed by atoms with Crippen LogP contribution in [0.25, 0.3) is 0 Å². The van der Waals surface area contributed by atoms with E-state index in [0.717, 1.165) is 26.2 Å². The van der Waals surface area contributed by atoms with Crippen LogP contribution >= 0.6 is 0 Å². The summed E-state index contributed by atoms with van der Waals surface area (Å²) < 4.78 is 0. The molecule has 1 N–H and O–H groups in total. The third kappa shape index (κ3) is 2.42. The fraction of sp³-hybridized carbons (Fsp3) is 0.615. The molecule has 3 heteroatoms. The number of rotatable bonds is 3. The van der Waals surface area contributed by atoms with Crippen LogP contribution in [0.4, 0.5) is 0 Å². The number of nitrogens with zero attached hydrogens (tertiary/aromatic N) is 2. The minimum absolute atomic E-state index is 0.293. The molecule has 1 fully saturated rings. The molecule has 1 aromatic rings. The zero-order valence-electron chi connectivity index (χ0n) is 10.2. The lowest BCUT2D eigenvalue weighted by Gasteiger charge is -2.45. The lowest BCUT2D eigenvalue weighted by molar-refractivity contribution is 0.0637. The molecule has 1 unspecified atom stereocenters. The van der Waals surface area contributed by atoms with E-state index in [1.807, 2.05) is 12.4 Å². The highest BCUT2D eigenvalue weighted by Gasteiger charge is 2.32. The van der Waals surface area contributed by atoms with Gasteiger partial charge in [-0.05, 0) is 31.0 Å². The maximum Gasteiger partial charge on any atom is 0.0307 e. The maximum absolute atomic E-state index is 4.06. The lowest BCUT2D eigenvalue weighted by atomic mass is 9.93. The van der Waals surface area contributed by atoms with Crippen LogP contribution in [0.5, 0.6) is 0 Å². The molecule has 3 nitrogen and oxygen atoms in total. The van der Waals surface area contributed by atoms with Crippen LogP contribution in [0.3, 0.4) is 0 Å². The second-order valence-corrected chi connectivity index (χ2v) is 4.80. The fourth-order valence-corrected chi connectivity index (χ4v) is 2.28. The summed E-state index contributed by atoms with van der Waals surface area (Å²) in [6.07, 6.45) is 4.94. The van der Waals surface area contributed by atoms with Gasteiger partial charge in [-0.15, -0.1) is 0 Å². The molecule has 1 atom stereocenters. The Hall–Kier alpha value is -0.930. The molecule has 1 aliphatic rings. The van der Waals surface area contributed by atoms with E-state index in [1.54, 1.807) is 0 Å². The van der Waals surface area contributed by atoms with Crippen LogP contribution in [0.1, 0.15) is 25.8 Å². The summed E-state index contributed by atoms with van der Waals surface area (Å²) in [7, 11) is 0. The molecule has 0 spiro atoms. The van der Waals surface area contributed by atoms with Gasteiger partial charge in [0, 0.05) is 44.1 Å². The van der Waals surface area contributed by atoms with Gasteiger partial charge in [0.2, 0.25) is 0 Å². The van der Waals surface area contributed by atoms with E-state index in [-0.39, 0.29) is 0 Å². The average molecular weight is 219 g/mol. The molecular weight excluding hydrogens is 198 g/mol. The molecule has 88 valence electrons. The monoisotopic (exact) mass is 219 g/mol. The van der Waals surface area contributed by atoms with Crippen molar-refractivity contribution in [2.75, 3.05) is 19.6 Å². The zero-order chi connectivity index (χ0) is 11.4. The third-order valence-electron chi connectivity index (χ3n) is 3.71. The SMILES string of the molecule is CCC1(C)CNCCN1Cc1ccncc1. The van der Waals surface area contributed by atoms with Crippen molar-refractivity contribution < 1.29 is 0 Å². The van der Waals surface area contributed by atoms with Crippen LogP contribution in [-0.2, 0) is 6.54 Å². The normalized spacial score (nSPS) is 26.9. The van der Waals surface area contributed by atoms with Gasteiger partial charge in [-0.1, -0.05) is 6.92 Å². The lowest BCUT2D eigenvalue weighted by Crippen LogP contribution is -2.58. The van der Waals surface area contributed by atoms with Gasteiger partial charge in [0.15, 0.2) is 0 Å². The quantitative estimate of drug-likeness (QED) is 0.838. The molecule has 0 saturated carbocycles. The van der Waals surface area contributed by atoms with E-state index in [4.69, 9.17) is 0 Å². The summed E-state index contributed by atoms with van der Waals surface area (Å²) in [6, 6.07) is 4.22. The summed E-state index contributed by atoms with van der Waals surface area (Å²) in [4.78, 5) is 6.65. The zero-order valence-corrected chi connectivity index (χ0v) is 10.2. The Kier molecular flexibility index (Phi) is 3.56. The number of nitrogens with one attached hydrogen (secondary N) is 1. The van der Waals surface area contributed by atoms with Crippen LogP contribution in [0.2, 0.25) is 0 Å². The van der Waals surface area contributed by atoms with Gasteiger partial charge in [-0.25, -0.2) is 0 Å². The highest BCUT2D eigenvalue weighted by atomic mass is 15.2. The number of hydrogen-bond donors (Lipinski definition) is 1. The van der Waals surface area contributed by atoms with E-state index in [0.29, 0.717) is 5.54 Å². The summed E-state index contributed by atoms with van der Waals surface area (Å²) in [6.45, 7) is 8.98. The standard InChI is InChI=1S/C13H21N3/c1-3-13(2)11-15-8-9-16(13)10-12-4-6-14-7-5-12/h4-7,15H,3,8-11H2,1-2H3. The van der Waals surface area contributed by atoms with Gasteiger partial charge in [0.05, 0.1) is 0 Å². The van der Waals surface area contributed by atoms with Gasteiger partial charge in [-0.2, -0.15) is 0 Å². The number of hydrogen-bond acceptors (Lipinski definition) is 3. The van der Waals surface area contributed by atoms with E-state index < -0.39 is 0 Å². The Morgan fingerprint density at radius 2 is 2.19 bits per heavy atom. The maximum atomic E-state index is 4.06. The van der Waals surface area contributed by atoms with Crippen LogP contribution < -0.4 is 5.32 Å². The van der Waals surface area contributed by atoms with Crippen molar-refractivity contribution in [3.8, 4) is 0 Å². The minimum atomic E-state index is 0.293. The smallest absolute Gasteiger partial charge is 0.0307 e. The number of piperazine rings is 1. The van der Waals surface area contributed by atoms with Crippen molar-refractivity contribution in [2.45, 2.75) is 32.4 Å². The van der Waals surface area contributed by atoms with E-state index in [1.165, 1.54) is 12.0 Å². The predicted molar refractivity (Wildman–Crippen MR) is 66.2 cm³/mol. The Morgan fingerprint density at radius 1 is 1.44 bits per heavy atom. The first-order valence-electron chi connectivity index (χ1n) is 6.09. The highest BCUT2D eigenvalue weighted by molar-refractivity contribution is 5.10. The fourth-order valence-electron chi connectivity index (χ4n) is 2.28. The Labute approximate surface area is 97.9 Å². The van der Waals surface area contributed by atoms with Gasteiger partial charge >= 0.3 is 0 Å². The summed E-state index contributed by atoms with van der Waals surface area (Å²) in [5.74, 6) is 0. The second-order valence-electron chi connectivity index (χ2n) is 4.80. The Bertz CT molecular complexity index is 325. The molecule has 0 bridgehead atoms. The van der Waals surface area contributed by atoms with Crippen LogP contribution in [-0.4, -0.2) is 35.1 Å². The molecule has 1 aromatic heterocycles. The molecule has 1 aliphatic heterocycles. The average Bonchev–Trinajstić information content (AvgIpc) is 2.34. The first kappa shape index (κ1) is 11.6. The molecule has 16 heavy (non-hydrogen) atoms. The first-order chi connectivity index (χ1) is 7.74. The first-order valence-corrected chi connectivity index (χ1v) is 6.09. The van der Waals surface area contributed by atoms with Crippen molar-refractivity contribution >= 4 is 0 Å². The van der Waals surface area contributed by atoms with Crippen molar-refractivity contribution in [3.05, 3.63) is 30.1 Å². The van der Waals surface area contributed by atoms with E-state index in [9.17, 15) is 0 Å². The molecule has 0 aromatic carbocycles. The van der Waals surface area contributed by atoms with Crippen molar-refractivity contribution in [1.29, 1.82) is 0 Å². The van der Waals surface area contributed by atoms with Crippen molar-refractivity contribution in [3.63, 3.8) is 0 Å². The molecule has 0 radical (unpaired) electrons. The van der Waals surface area contributed by atoms with Gasteiger partial charge in [0.1, 0.15) is 0 Å². The minimum Gasteiger partial charge on any atom is -0.314 e. The van der Waals surface area contributed by atoms with Crippen molar-refractivity contribution in [1.82, 2.24) is 15.2 Å². The Balaban J connectivity index is 2.07. The third-order valence-corrected chi connectivity index (χ3v) is 3.71. The summed E-state index contributed by atoms with van der Waals surface area (Å²) in [5.41, 5.74) is 1.65. The summed E-state index contributed by atoms with van der Waals surface area (Å²) >= 11 is 0. The highest BCUT2D eigenvalue weighted by Crippen LogP contribution is 2.22. The number of aromatic nitrogens is 1. The van der Waals surface area contributed by atoms with Gasteiger partial charge in [0.25, 0.3) is 0 Å².